The summed E-state index contributed by atoms with van der Waals surface area (Å²) in [6, 6.07) is 3.82. The molecule has 0 aromatic carbocycles. The van der Waals surface area contributed by atoms with Crippen molar-refractivity contribution < 1.29 is 5.11 Å². The number of halogens is 1. The third-order valence-electron chi connectivity index (χ3n) is 2.45. The van der Waals surface area contributed by atoms with Gasteiger partial charge in [0.15, 0.2) is 0 Å². The lowest BCUT2D eigenvalue weighted by molar-refractivity contribution is 0.434. The Morgan fingerprint density at radius 1 is 1.27 bits per heavy atom. The van der Waals surface area contributed by atoms with Gasteiger partial charge in [-0.25, -0.2) is 0 Å². The van der Waals surface area contributed by atoms with Gasteiger partial charge in [0.25, 0.3) is 0 Å². The third kappa shape index (κ3) is 2.29. The molecule has 0 bridgehead atoms. The highest BCUT2D eigenvalue weighted by molar-refractivity contribution is 9.11. The highest BCUT2D eigenvalue weighted by Crippen LogP contribution is 2.32. The monoisotopic (exact) mass is 265 g/mol. The Kier molecular flexibility index (Phi) is 3.21. The van der Waals surface area contributed by atoms with Crippen LogP contribution in [0.4, 0.5) is 0 Å². The Bertz CT molecular complexity index is 409. The molecule has 0 fully saturated rings. The molecular weight excluding hydrogens is 254 g/mol. The first-order valence-corrected chi connectivity index (χ1v) is 5.77. The molecule has 0 atom stereocenters. The minimum absolute atomic E-state index is 0.360. The molecule has 0 amide bonds. The molecule has 2 rings (SSSR count). The molecule has 15 heavy (non-hydrogen) atoms. The summed E-state index contributed by atoms with van der Waals surface area (Å²) in [6.07, 6.45) is 8.52. The predicted octanol–water partition coefficient (Wildman–Crippen LogP) is 3.81. The smallest absolute Gasteiger partial charge is 0.133 e. The summed E-state index contributed by atoms with van der Waals surface area (Å²) in [7, 11) is 0. The van der Waals surface area contributed by atoms with Crippen LogP contribution in [0.1, 0.15) is 24.8 Å². The highest BCUT2D eigenvalue weighted by atomic mass is 79.9. The lowest BCUT2D eigenvalue weighted by Gasteiger charge is -2.06. The second-order valence-electron chi connectivity index (χ2n) is 3.50. The molecule has 0 spiro atoms. The lowest BCUT2D eigenvalue weighted by Crippen LogP contribution is -1.90. The standard InChI is InChI=1S/C12H12BrNO/c13-11-4-2-1-3-10(12(11)15)9-5-7-14-8-6-9/h3,5-8,15H,1-2,4H2. The Balaban J connectivity index is 2.43. The Morgan fingerprint density at radius 3 is 2.73 bits per heavy atom. The number of aromatic nitrogens is 1. The van der Waals surface area contributed by atoms with Crippen LogP contribution in [-0.2, 0) is 0 Å². The highest BCUT2D eigenvalue weighted by Gasteiger charge is 2.13. The number of rotatable bonds is 1. The molecule has 1 aromatic heterocycles. The fourth-order valence-corrected chi connectivity index (χ4v) is 2.14. The number of aliphatic hydroxyl groups excluding tert-OH is 1. The van der Waals surface area contributed by atoms with Gasteiger partial charge in [-0.3, -0.25) is 4.98 Å². The molecule has 0 unspecified atom stereocenters. The summed E-state index contributed by atoms with van der Waals surface area (Å²) >= 11 is 3.41. The zero-order valence-electron chi connectivity index (χ0n) is 8.28. The first kappa shape index (κ1) is 10.4. The predicted molar refractivity (Wildman–Crippen MR) is 64.6 cm³/mol. The molecule has 1 aliphatic carbocycles. The van der Waals surface area contributed by atoms with Crippen molar-refractivity contribution >= 4 is 21.5 Å². The van der Waals surface area contributed by atoms with Gasteiger partial charge in [0, 0.05) is 22.4 Å². The molecule has 1 aromatic rings. The SMILES string of the molecule is OC1=C(Br)CCCC=C1c1ccncc1. The largest absolute Gasteiger partial charge is 0.506 e. The Labute approximate surface area is 97.5 Å². The summed E-state index contributed by atoms with van der Waals surface area (Å²) in [5.41, 5.74) is 1.92. The van der Waals surface area contributed by atoms with Crippen LogP contribution in [0.15, 0.2) is 40.8 Å². The summed E-state index contributed by atoms with van der Waals surface area (Å²) in [5, 5.41) is 10.0. The number of pyridine rings is 1. The van der Waals surface area contributed by atoms with Gasteiger partial charge in [-0.2, -0.15) is 0 Å². The van der Waals surface area contributed by atoms with Gasteiger partial charge >= 0.3 is 0 Å². The van der Waals surface area contributed by atoms with Crippen LogP contribution in [0.2, 0.25) is 0 Å². The van der Waals surface area contributed by atoms with Crippen molar-refractivity contribution in [1.29, 1.82) is 0 Å². The van der Waals surface area contributed by atoms with Gasteiger partial charge in [-0.15, -0.1) is 0 Å². The molecule has 2 nitrogen and oxygen atoms in total. The molecule has 3 heteroatoms. The lowest BCUT2D eigenvalue weighted by atomic mass is 10.1. The molecule has 0 aliphatic heterocycles. The zero-order chi connectivity index (χ0) is 10.7. The molecule has 0 saturated heterocycles. The van der Waals surface area contributed by atoms with Crippen molar-refractivity contribution in [2.45, 2.75) is 19.3 Å². The van der Waals surface area contributed by atoms with Crippen LogP contribution in [0, 0.1) is 0 Å². The van der Waals surface area contributed by atoms with E-state index in [-0.39, 0.29) is 0 Å². The van der Waals surface area contributed by atoms with Crippen molar-refractivity contribution in [3.05, 3.63) is 46.4 Å². The van der Waals surface area contributed by atoms with E-state index in [0.29, 0.717) is 5.76 Å². The molecule has 78 valence electrons. The number of hydrogen-bond acceptors (Lipinski definition) is 2. The van der Waals surface area contributed by atoms with E-state index in [1.54, 1.807) is 12.4 Å². The second kappa shape index (κ2) is 4.62. The Morgan fingerprint density at radius 2 is 2.00 bits per heavy atom. The normalized spacial score (nSPS) is 17.3. The number of hydrogen-bond donors (Lipinski definition) is 1. The number of allylic oxidation sites excluding steroid dienone is 3. The van der Waals surface area contributed by atoms with Crippen molar-refractivity contribution in [2.75, 3.05) is 0 Å². The van der Waals surface area contributed by atoms with Crippen LogP contribution in [-0.4, -0.2) is 10.1 Å². The second-order valence-corrected chi connectivity index (χ2v) is 4.46. The topological polar surface area (TPSA) is 33.1 Å². The summed E-state index contributed by atoms with van der Waals surface area (Å²) in [4.78, 5) is 3.97. The maximum Gasteiger partial charge on any atom is 0.133 e. The summed E-state index contributed by atoms with van der Waals surface area (Å²) in [5.74, 6) is 0.360. The average Bonchev–Trinajstić information content (AvgIpc) is 2.44. The number of aliphatic hydroxyl groups is 1. The molecule has 1 heterocycles. The van der Waals surface area contributed by atoms with Crippen LogP contribution in [0.25, 0.3) is 5.57 Å². The summed E-state index contributed by atoms with van der Waals surface area (Å²) in [6.45, 7) is 0. The minimum Gasteiger partial charge on any atom is -0.506 e. The van der Waals surface area contributed by atoms with E-state index in [9.17, 15) is 5.11 Å². The average molecular weight is 266 g/mol. The quantitative estimate of drug-likeness (QED) is 0.838. The molecule has 1 N–H and O–H groups in total. The van der Waals surface area contributed by atoms with E-state index >= 15 is 0 Å². The van der Waals surface area contributed by atoms with Gasteiger partial charge in [0.05, 0.1) is 0 Å². The number of nitrogens with zero attached hydrogens (tertiary/aromatic N) is 1. The maximum atomic E-state index is 10.0. The van der Waals surface area contributed by atoms with E-state index in [1.165, 1.54) is 0 Å². The fourth-order valence-electron chi connectivity index (χ4n) is 1.65. The van der Waals surface area contributed by atoms with Gasteiger partial charge in [-0.05, 0) is 37.0 Å². The van der Waals surface area contributed by atoms with Crippen LogP contribution in [0.3, 0.4) is 0 Å². The van der Waals surface area contributed by atoms with Crippen molar-refractivity contribution in [3.8, 4) is 0 Å². The van der Waals surface area contributed by atoms with Gasteiger partial charge in [-0.1, -0.05) is 22.0 Å². The summed E-state index contributed by atoms with van der Waals surface area (Å²) < 4.78 is 0.892. The van der Waals surface area contributed by atoms with E-state index in [1.807, 2.05) is 12.1 Å². The van der Waals surface area contributed by atoms with Crippen molar-refractivity contribution in [2.24, 2.45) is 0 Å². The zero-order valence-corrected chi connectivity index (χ0v) is 9.87. The van der Waals surface area contributed by atoms with Gasteiger partial charge in [0.2, 0.25) is 0 Å². The van der Waals surface area contributed by atoms with E-state index in [0.717, 1.165) is 34.9 Å². The Hall–Kier alpha value is -1.09. The van der Waals surface area contributed by atoms with Crippen LogP contribution >= 0.6 is 15.9 Å². The fraction of sp³-hybridized carbons (Fsp3) is 0.250. The van der Waals surface area contributed by atoms with E-state index in [4.69, 9.17) is 0 Å². The van der Waals surface area contributed by atoms with Gasteiger partial charge < -0.3 is 5.11 Å². The molecule has 0 saturated carbocycles. The van der Waals surface area contributed by atoms with Gasteiger partial charge in [0.1, 0.15) is 5.76 Å². The maximum absolute atomic E-state index is 10.0. The minimum atomic E-state index is 0.360. The van der Waals surface area contributed by atoms with Crippen LogP contribution < -0.4 is 0 Å². The first-order valence-electron chi connectivity index (χ1n) is 4.97. The molecule has 1 aliphatic rings. The van der Waals surface area contributed by atoms with E-state index < -0.39 is 0 Å². The van der Waals surface area contributed by atoms with E-state index in [2.05, 4.69) is 27.0 Å². The van der Waals surface area contributed by atoms with Crippen molar-refractivity contribution in [1.82, 2.24) is 4.98 Å². The molecule has 0 radical (unpaired) electrons. The van der Waals surface area contributed by atoms with Crippen LogP contribution in [0.5, 0.6) is 0 Å². The third-order valence-corrected chi connectivity index (χ3v) is 3.22. The molecular formula is C12H12BrNO. The first-order chi connectivity index (χ1) is 7.29. The van der Waals surface area contributed by atoms with Crippen molar-refractivity contribution in [3.63, 3.8) is 0 Å².